The summed E-state index contributed by atoms with van der Waals surface area (Å²) >= 11 is 0. The van der Waals surface area contributed by atoms with Crippen molar-refractivity contribution in [3.05, 3.63) is 99.9 Å². The van der Waals surface area contributed by atoms with Crippen LogP contribution in [0.5, 0.6) is 5.75 Å². The van der Waals surface area contributed by atoms with Crippen molar-refractivity contribution in [2.75, 3.05) is 6.73 Å². The smallest absolute Gasteiger partial charge is 0.450 e. The fourth-order valence-corrected chi connectivity index (χ4v) is 4.02. The largest absolute Gasteiger partial charge is 0.478 e. The monoisotopic (exact) mass is 437 g/mol. The van der Waals surface area contributed by atoms with Crippen molar-refractivity contribution < 1.29 is 22.3 Å². The van der Waals surface area contributed by atoms with Crippen LogP contribution >= 0.6 is 0 Å². The first-order chi connectivity index (χ1) is 15.4. The number of alkyl halides is 3. The van der Waals surface area contributed by atoms with E-state index in [1.807, 2.05) is 35.2 Å². The molecule has 0 saturated carbocycles. The normalized spacial score (nSPS) is 14.2. The Hall–Kier alpha value is -3.58. The summed E-state index contributed by atoms with van der Waals surface area (Å²) in [6.07, 6.45) is -4.83. The Morgan fingerprint density at radius 2 is 1.59 bits per heavy atom. The summed E-state index contributed by atoms with van der Waals surface area (Å²) in [7, 11) is 0. The molecule has 0 unspecified atom stereocenters. The van der Waals surface area contributed by atoms with E-state index in [1.165, 1.54) is 18.2 Å². The van der Waals surface area contributed by atoms with Crippen molar-refractivity contribution in [3.8, 4) is 16.9 Å². The third kappa shape index (κ3) is 3.65. The third-order valence-corrected chi connectivity index (χ3v) is 5.47. The maximum absolute atomic E-state index is 14.0. The van der Waals surface area contributed by atoms with Gasteiger partial charge in [-0.15, -0.1) is 0 Å². The van der Waals surface area contributed by atoms with Gasteiger partial charge in [-0.25, -0.2) is 0 Å². The van der Waals surface area contributed by atoms with Gasteiger partial charge < -0.3 is 9.15 Å². The van der Waals surface area contributed by atoms with Crippen LogP contribution in [0.3, 0.4) is 0 Å². The van der Waals surface area contributed by atoms with Gasteiger partial charge in [0.05, 0.1) is 16.5 Å². The van der Waals surface area contributed by atoms with E-state index in [9.17, 15) is 18.0 Å². The molecule has 1 aromatic heterocycles. The van der Waals surface area contributed by atoms with E-state index < -0.39 is 22.9 Å². The molecule has 5 rings (SSSR count). The number of fused-ring (bicyclic) bond motifs is 3. The zero-order chi connectivity index (χ0) is 22.3. The Bertz CT molecular complexity index is 1330. The highest BCUT2D eigenvalue weighted by Crippen LogP contribution is 2.40. The fraction of sp³-hybridized carbons (Fsp3) is 0.160. The molecule has 0 amide bonds. The molecule has 162 valence electrons. The van der Waals surface area contributed by atoms with Crippen molar-refractivity contribution in [1.29, 1.82) is 0 Å². The lowest BCUT2D eigenvalue weighted by atomic mass is 10.00. The van der Waals surface area contributed by atoms with Gasteiger partial charge in [-0.3, -0.25) is 9.69 Å². The molecule has 2 heterocycles. The number of ether oxygens (including phenoxy) is 1. The first-order valence-corrected chi connectivity index (χ1v) is 10.1. The number of hydrogen-bond donors (Lipinski definition) is 0. The van der Waals surface area contributed by atoms with Crippen LogP contribution < -0.4 is 10.2 Å². The van der Waals surface area contributed by atoms with E-state index in [0.29, 0.717) is 24.4 Å². The number of benzene rings is 3. The number of hydrogen-bond acceptors (Lipinski definition) is 4. The molecule has 0 radical (unpaired) electrons. The van der Waals surface area contributed by atoms with Crippen LogP contribution in [0.1, 0.15) is 16.9 Å². The average molecular weight is 437 g/mol. The van der Waals surface area contributed by atoms with E-state index in [0.717, 1.165) is 5.56 Å². The maximum atomic E-state index is 14.0. The lowest BCUT2D eigenvalue weighted by molar-refractivity contribution is -0.152. The highest BCUT2D eigenvalue weighted by molar-refractivity contribution is 5.87. The Labute approximate surface area is 181 Å². The van der Waals surface area contributed by atoms with Crippen LogP contribution in [0.4, 0.5) is 13.2 Å². The minimum absolute atomic E-state index is 0.0859. The van der Waals surface area contributed by atoms with E-state index in [1.54, 1.807) is 24.3 Å². The second-order valence-corrected chi connectivity index (χ2v) is 7.66. The second-order valence-electron chi connectivity index (χ2n) is 7.66. The predicted octanol–water partition coefficient (Wildman–Crippen LogP) is 5.83. The molecule has 3 aromatic carbocycles. The van der Waals surface area contributed by atoms with Gasteiger partial charge in [0.2, 0.25) is 11.2 Å². The molecular formula is C25H18F3NO3. The van der Waals surface area contributed by atoms with Crippen LogP contribution in [0.15, 0.2) is 82.0 Å². The molecule has 0 spiro atoms. The Balaban J connectivity index is 1.66. The highest BCUT2D eigenvalue weighted by Gasteiger charge is 2.40. The molecule has 0 N–H and O–H groups in total. The average Bonchev–Trinajstić information content (AvgIpc) is 2.79. The summed E-state index contributed by atoms with van der Waals surface area (Å²) < 4.78 is 53.1. The molecule has 32 heavy (non-hydrogen) atoms. The third-order valence-electron chi connectivity index (χ3n) is 5.47. The zero-order valence-electron chi connectivity index (χ0n) is 16.9. The second kappa shape index (κ2) is 7.84. The van der Waals surface area contributed by atoms with Crippen LogP contribution in [-0.4, -0.2) is 11.6 Å². The summed E-state index contributed by atoms with van der Waals surface area (Å²) in [4.78, 5) is 15.2. The maximum Gasteiger partial charge on any atom is 0.450 e. The van der Waals surface area contributed by atoms with Gasteiger partial charge in [-0.2, -0.15) is 13.2 Å². The molecule has 0 bridgehead atoms. The van der Waals surface area contributed by atoms with Crippen molar-refractivity contribution in [2.24, 2.45) is 0 Å². The molecule has 4 nitrogen and oxygen atoms in total. The standard InChI is InChI=1S/C25H18F3NO3/c26-25(27,28)24-21(17-9-5-2-6-10-17)22(30)18-11-12-20-19(23(18)32-24)14-29(15-31-20)13-16-7-3-1-4-8-16/h1-12H,13-15H2. The predicted molar refractivity (Wildman–Crippen MR) is 114 cm³/mol. The van der Waals surface area contributed by atoms with E-state index >= 15 is 0 Å². The van der Waals surface area contributed by atoms with Crippen LogP contribution in [-0.2, 0) is 19.3 Å². The Kier molecular flexibility index (Phi) is 4.98. The fourth-order valence-electron chi connectivity index (χ4n) is 4.02. The van der Waals surface area contributed by atoms with Crippen molar-refractivity contribution in [2.45, 2.75) is 19.3 Å². The first-order valence-electron chi connectivity index (χ1n) is 10.1. The van der Waals surface area contributed by atoms with Gasteiger partial charge in [0, 0.05) is 13.1 Å². The van der Waals surface area contributed by atoms with Crippen LogP contribution in [0.2, 0.25) is 0 Å². The molecule has 0 aliphatic carbocycles. The minimum atomic E-state index is -4.83. The lowest BCUT2D eigenvalue weighted by Gasteiger charge is -2.29. The van der Waals surface area contributed by atoms with E-state index in [2.05, 4.69) is 0 Å². The summed E-state index contributed by atoms with van der Waals surface area (Å²) in [5.74, 6) is -0.875. The first kappa shape index (κ1) is 20.3. The molecule has 0 saturated heterocycles. The summed E-state index contributed by atoms with van der Waals surface area (Å²) in [6.45, 7) is 1.13. The van der Waals surface area contributed by atoms with Crippen molar-refractivity contribution in [3.63, 3.8) is 0 Å². The van der Waals surface area contributed by atoms with Gasteiger partial charge in [-0.05, 0) is 23.3 Å². The van der Waals surface area contributed by atoms with Gasteiger partial charge in [0.25, 0.3) is 0 Å². The van der Waals surface area contributed by atoms with Gasteiger partial charge in [-0.1, -0.05) is 60.7 Å². The number of rotatable bonds is 3. The van der Waals surface area contributed by atoms with E-state index in [4.69, 9.17) is 9.15 Å². The van der Waals surface area contributed by atoms with Crippen LogP contribution in [0, 0.1) is 0 Å². The van der Waals surface area contributed by atoms with Crippen molar-refractivity contribution in [1.82, 2.24) is 4.90 Å². The lowest BCUT2D eigenvalue weighted by Crippen LogP contribution is -2.32. The Morgan fingerprint density at radius 1 is 0.906 bits per heavy atom. The SMILES string of the molecule is O=c1c(-c2ccccc2)c(C(F)(F)F)oc2c3c(ccc12)OCN(Cc1ccccc1)C3. The minimum Gasteiger partial charge on any atom is -0.478 e. The molecule has 0 atom stereocenters. The van der Waals surface area contributed by atoms with Crippen molar-refractivity contribution >= 4 is 11.0 Å². The summed E-state index contributed by atoms with van der Waals surface area (Å²) in [5, 5.41) is 0.0979. The highest BCUT2D eigenvalue weighted by atomic mass is 19.4. The molecule has 7 heteroatoms. The van der Waals surface area contributed by atoms with E-state index in [-0.39, 0.29) is 23.3 Å². The molecule has 0 fully saturated rings. The molecule has 1 aliphatic rings. The van der Waals surface area contributed by atoms with Gasteiger partial charge in [0.15, 0.2) is 0 Å². The number of halogens is 3. The molecule has 1 aliphatic heterocycles. The summed E-state index contributed by atoms with van der Waals surface area (Å²) in [6, 6.07) is 20.6. The van der Waals surface area contributed by atoms with Gasteiger partial charge in [0.1, 0.15) is 18.1 Å². The topological polar surface area (TPSA) is 42.7 Å². The molecular weight excluding hydrogens is 419 g/mol. The zero-order valence-corrected chi connectivity index (χ0v) is 16.9. The quantitative estimate of drug-likeness (QED) is 0.404. The molecule has 4 aromatic rings. The summed E-state index contributed by atoms with van der Waals surface area (Å²) in [5.41, 5.74) is 0.360. The number of nitrogens with zero attached hydrogens (tertiary/aromatic N) is 1. The van der Waals surface area contributed by atoms with Gasteiger partial charge >= 0.3 is 6.18 Å². The van der Waals surface area contributed by atoms with Crippen LogP contribution in [0.25, 0.3) is 22.1 Å². The Morgan fingerprint density at radius 3 is 2.28 bits per heavy atom.